The van der Waals surface area contributed by atoms with Crippen molar-refractivity contribution in [3.63, 3.8) is 0 Å². The summed E-state index contributed by atoms with van der Waals surface area (Å²) in [6.45, 7) is 8.18. The van der Waals surface area contributed by atoms with Crippen LogP contribution in [-0.4, -0.2) is 91.7 Å². The molecule has 47 heavy (non-hydrogen) atoms. The summed E-state index contributed by atoms with van der Waals surface area (Å²) >= 11 is 0. The molecule has 2 N–H and O–H groups in total. The highest BCUT2D eigenvalue weighted by Crippen LogP contribution is 2.29. The standard InChI is InChI=1S/C35H46N4O7S/c1-24-9-12-30(13-10-24)47(43,44)37-29-11-14-32-31(20-29)35(42)39(26(3)23-40)21-25(2)33(45-19-7-6-8-27(4)46-32)22-38(5)34(41)28-15-17-36-18-16-28/h9-18,20,25-27,33,37,40H,6-8,19,21-23H2,1-5H3/t25-,26-,27-,33-/m1/s1. The summed E-state index contributed by atoms with van der Waals surface area (Å²) in [6, 6.07) is 13.9. The Morgan fingerprint density at radius 3 is 2.49 bits per heavy atom. The molecular weight excluding hydrogens is 620 g/mol. The van der Waals surface area contributed by atoms with Gasteiger partial charge in [0, 0.05) is 56.3 Å². The molecule has 3 aromatic rings. The van der Waals surface area contributed by atoms with E-state index in [1.54, 1.807) is 72.6 Å². The molecule has 0 unspecified atom stereocenters. The molecule has 254 valence electrons. The van der Waals surface area contributed by atoms with Crippen LogP contribution in [0.25, 0.3) is 0 Å². The third-order valence-electron chi connectivity index (χ3n) is 8.36. The number of nitrogens with one attached hydrogen (secondary N) is 1. The van der Waals surface area contributed by atoms with Crippen LogP contribution >= 0.6 is 0 Å². The fraction of sp³-hybridized carbons (Fsp3) is 0.457. The largest absolute Gasteiger partial charge is 0.490 e. The lowest BCUT2D eigenvalue weighted by atomic mass is 10.0. The minimum Gasteiger partial charge on any atom is -0.490 e. The van der Waals surface area contributed by atoms with Gasteiger partial charge < -0.3 is 24.4 Å². The van der Waals surface area contributed by atoms with Crippen LogP contribution in [0.3, 0.4) is 0 Å². The average Bonchev–Trinajstić information content (AvgIpc) is 3.06. The number of likely N-dealkylation sites (N-methyl/N-ethyl adjacent to an activating group) is 1. The molecule has 1 aliphatic heterocycles. The van der Waals surface area contributed by atoms with E-state index in [2.05, 4.69) is 9.71 Å². The monoisotopic (exact) mass is 666 g/mol. The SMILES string of the molecule is Cc1ccc(S(=O)(=O)Nc2ccc3c(c2)C(=O)N([C@H](C)CO)C[C@@H](C)[C@@H](CN(C)C(=O)c2ccncc2)OCCCC[C@@H](C)O3)cc1. The van der Waals surface area contributed by atoms with Gasteiger partial charge in [-0.2, -0.15) is 0 Å². The third kappa shape index (κ3) is 9.52. The van der Waals surface area contributed by atoms with Crippen molar-refractivity contribution in [1.29, 1.82) is 0 Å². The lowest BCUT2D eigenvalue weighted by Gasteiger charge is -2.36. The van der Waals surface area contributed by atoms with E-state index in [1.807, 2.05) is 20.8 Å². The molecule has 1 aromatic heterocycles. The summed E-state index contributed by atoms with van der Waals surface area (Å²) in [6.07, 6.45) is 4.81. The Morgan fingerprint density at radius 2 is 1.81 bits per heavy atom. The molecule has 2 heterocycles. The number of hydrogen-bond acceptors (Lipinski definition) is 8. The zero-order chi connectivity index (χ0) is 34.1. The average molecular weight is 667 g/mol. The molecule has 4 rings (SSSR count). The Kier molecular flexibility index (Phi) is 12.4. The van der Waals surface area contributed by atoms with Crippen molar-refractivity contribution in [3.8, 4) is 5.75 Å². The van der Waals surface area contributed by atoms with E-state index in [-0.39, 0.29) is 47.2 Å². The molecule has 12 heteroatoms. The second-order valence-corrected chi connectivity index (χ2v) is 14.0. The van der Waals surface area contributed by atoms with Gasteiger partial charge >= 0.3 is 0 Å². The van der Waals surface area contributed by atoms with Gasteiger partial charge in [-0.3, -0.25) is 19.3 Å². The molecule has 2 amide bonds. The lowest BCUT2D eigenvalue weighted by Crippen LogP contribution is -2.48. The normalized spacial score (nSPS) is 20.3. The Hall–Kier alpha value is -4.00. The number of ether oxygens (including phenoxy) is 2. The number of aryl methyl sites for hydroxylation is 1. The smallest absolute Gasteiger partial charge is 0.261 e. The van der Waals surface area contributed by atoms with Crippen LogP contribution in [0.4, 0.5) is 5.69 Å². The fourth-order valence-electron chi connectivity index (χ4n) is 5.45. The van der Waals surface area contributed by atoms with Crippen LogP contribution in [0.15, 0.2) is 71.9 Å². The predicted molar refractivity (Wildman–Crippen MR) is 180 cm³/mol. The van der Waals surface area contributed by atoms with Crippen LogP contribution in [0.5, 0.6) is 5.75 Å². The zero-order valence-corrected chi connectivity index (χ0v) is 28.6. The number of aliphatic hydroxyl groups excluding tert-OH is 1. The maximum Gasteiger partial charge on any atom is 0.261 e. The first-order valence-corrected chi connectivity index (χ1v) is 17.5. The number of benzene rings is 2. The Balaban J connectivity index is 1.66. The van der Waals surface area contributed by atoms with Crippen LogP contribution in [-0.2, 0) is 14.8 Å². The van der Waals surface area contributed by atoms with Gasteiger partial charge in [-0.1, -0.05) is 24.6 Å². The van der Waals surface area contributed by atoms with Gasteiger partial charge in [0.15, 0.2) is 0 Å². The summed E-state index contributed by atoms with van der Waals surface area (Å²) in [5.41, 5.74) is 1.82. The molecule has 0 spiro atoms. The third-order valence-corrected chi connectivity index (χ3v) is 9.76. The molecule has 0 bridgehead atoms. The van der Waals surface area contributed by atoms with Gasteiger partial charge in [0.1, 0.15) is 5.75 Å². The number of amides is 2. The number of hydrogen-bond donors (Lipinski definition) is 2. The molecule has 2 aromatic carbocycles. The first kappa shape index (κ1) is 35.8. The van der Waals surface area contributed by atoms with Gasteiger partial charge in [-0.15, -0.1) is 0 Å². The van der Waals surface area contributed by atoms with Crippen LogP contribution in [0, 0.1) is 12.8 Å². The van der Waals surface area contributed by atoms with E-state index >= 15 is 0 Å². The zero-order valence-electron chi connectivity index (χ0n) is 27.8. The topological polar surface area (TPSA) is 138 Å². The summed E-state index contributed by atoms with van der Waals surface area (Å²) in [5.74, 6) is -0.500. The number of aliphatic hydroxyl groups is 1. The van der Waals surface area contributed by atoms with Crippen LogP contribution < -0.4 is 9.46 Å². The van der Waals surface area contributed by atoms with E-state index in [0.29, 0.717) is 30.9 Å². The van der Waals surface area contributed by atoms with E-state index < -0.39 is 28.1 Å². The number of carbonyl (C=O) groups is 2. The van der Waals surface area contributed by atoms with E-state index in [9.17, 15) is 23.1 Å². The number of carbonyl (C=O) groups excluding carboxylic acids is 2. The molecule has 0 saturated heterocycles. The van der Waals surface area contributed by atoms with Gasteiger partial charge in [0.2, 0.25) is 0 Å². The summed E-state index contributed by atoms with van der Waals surface area (Å²) < 4.78 is 41.6. The first-order chi connectivity index (χ1) is 22.4. The maximum absolute atomic E-state index is 14.4. The van der Waals surface area contributed by atoms with Crippen LogP contribution in [0.2, 0.25) is 0 Å². The van der Waals surface area contributed by atoms with Gasteiger partial charge in [0.25, 0.3) is 21.8 Å². The Bertz CT molecular complexity index is 1600. The first-order valence-electron chi connectivity index (χ1n) is 16.0. The molecule has 11 nitrogen and oxygen atoms in total. The van der Waals surface area contributed by atoms with Crippen molar-refractivity contribution in [2.75, 3.05) is 38.1 Å². The molecular formula is C35H46N4O7S. The van der Waals surface area contributed by atoms with Crippen molar-refractivity contribution < 1.29 is 32.6 Å². The molecule has 0 aliphatic carbocycles. The minimum absolute atomic E-state index is 0.0992. The number of aromatic nitrogens is 1. The van der Waals surface area contributed by atoms with E-state index in [4.69, 9.17) is 9.47 Å². The highest BCUT2D eigenvalue weighted by atomic mass is 32.2. The number of rotatable bonds is 8. The van der Waals surface area contributed by atoms with E-state index in [1.165, 1.54) is 18.2 Å². The number of anilines is 1. The molecule has 0 fully saturated rings. The second kappa shape index (κ2) is 16.2. The Labute approximate surface area is 278 Å². The molecule has 1 aliphatic rings. The Morgan fingerprint density at radius 1 is 1.11 bits per heavy atom. The maximum atomic E-state index is 14.4. The van der Waals surface area contributed by atoms with Crippen LogP contribution in [0.1, 0.15) is 66.3 Å². The summed E-state index contributed by atoms with van der Waals surface area (Å²) in [4.78, 5) is 34.8. The second-order valence-electron chi connectivity index (χ2n) is 12.4. The predicted octanol–water partition coefficient (Wildman–Crippen LogP) is 4.76. The molecule has 0 radical (unpaired) electrons. The summed E-state index contributed by atoms with van der Waals surface area (Å²) in [5, 5.41) is 10.2. The van der Waals surface area contributed by atoms with Crippen molar-refractivity contribution in [1.82, 2.24) is 14.8 Å². The van der Waals surface area contributed by atoms with Gasteiger partial charge in [-0.25, -0.2) is 8.42 Å². The van der Waals surface area contributed by atoms with Crippen molar-refractivity contribution in [2.24, 2.45) is 5.92 Å². The number of pyridine rings is 1. The number of nitrogens with zero attached hydrogens (tertiary/aromatic N) is 3. The quantitative estimate of drug-likeness (QED) is 0.351. The van der Waals surface area contributed by atoms with Crippen molar-refractivity contribution >= 4 is 27.5 Å². The fourth-order valence-corrected chi connectivity index (χ4v) is 6.50. The molecule has 0 saturated carbocycles. The highest BCUT2D eigenvalue weighted by Gasteiger charge is 2.31. The number of fused-ring (bicyclic) bond motifs is 1. The van der Waals surface area contributed by atoms with Gasteiger partial charge in [0.05, 0.1) is 35.3 Å². The van der Waals surface area contributed by atoms with Crippen molar-refractivity contribution in [2.45, 2.75) is 70.1 Å². The summed E-state index contributed by atoms with van der Waals surface area (Å²) in [7, 11) is -2.21. The van der Waals surface area contributed by atoms with Crippen molar-refractivity contribution in [3.05, 3.63) is 83.7 Å². The molecule has 4 atom stereocenters. The minimum atomic E-state index is -3.93. The van der Waals surface area contributed by atoms with E-state index in [0.717, 1.165) is 18.4 Å². The lowest BCUT2D eigenvalue weighted by molar-refractivity contribution is -0.0149. The highest BCUT2D eigenvalue weighted by molar-refractivity contribution is 7.92. The van der Waals surface area contributed by atoms with Gasteiger partial charge in [-0.05, 0) is 82.5 Å². The number of sulfonamides is 1.